The van der Waals surface area contributed by atoms with E-state index in [0.717, 1.165) is 22.3 Å². The second kappa shape index (κ2) is 12.8. The van der Waals surface area contributed by atoms with Crippen LogP contribution in [0.25, 0.3) is 0 Å². The second-order valence-electron chi connectivity index (χ2n) is 6.45. The molecule has 0 aromatic heterocycles. The molecule has 0 amide bonds. The predicted molar refractivity (Wildman–Crippen MR) is 121 cm³/mol. The van der Waals surface area contributed by atoms with Crippen LogP contribution in [0.15, 0.2) is 121 Å². The van der Waals surface area contributed by atoms with Crippen molar-refractivity contribution in [3.05, 3.63) is 144 Å². The molecule has 0 aliphatic rings. The molecule has 3 heteroatoms. The minimum atomic E-state index is -0.516. The van der Waals surface area contributed by atoms with Gasteiger partial charge in [0.15, 0.2) is 0 Å². The number of benzene rings is 4. The topological polar surface area (TPSA) is 57.5 Å². The molecule has 30 heavy (non-hydrogen) atoms. The van der Waals surface area contributed by atoms with Crippen LogP contribution in [0.5, 0.6) is 0 Å². The first-order valence-electron chi connectivity index (χ1n) is 9.60. The van der Waals surface area contributed by atoms with E-state index in [1.54, 1.807) is 0 Å². The summed E-state index contributed by atoms with van der Waals surface area (Å²) in [4.78, 5) is 8.00. The van der Waals surface area contributed by atoms with Crippen LogP contribution in [-0.4, -0.2) is 17.0 Å². The standard InChI is InChI=1S/2C13H12O.CH2O/c2*14-13(11-7-3-1-4-8-11)12-9-5-2-6-10-12;1-2/h2*1-10,13-14H;1H2. The molecule has 0 aliphatic heterocycles. The highest BCUT2D eigenvalue weighted by Gasteiger charge is 2.08. The van der Waals surface area contributed by atoms with Crippen molar-refractivity contribution >= 4 is 6.79 Å². The number of hydrogen-bond acceptors (Lipinski definition) is 3. The third-order valence-corrected chi connectivity index (χ3v) is 4.46. The van der Waals surface area contributed by atoms with E-state index in [9.17, 15) is 10.2 Å². The van der Waals surface area contributed by atoms with Crippen molar-refractivity contribution in [3.63, 3.8) is 0 Å². The smallest absolute Gasteiger partial charge is 0.106 e. The van der Waals surface area contributed by atoms with Gasteiger partial charge in [-0.2, -0.15) is 0 Å². The van der Waals surface area contributed by atoms with Crippen LogP contribution in [0, 0.1) is 0 Å². The molecule has 0 spiro atoms. The zero-order valence-corrected chi connectivity index (χ0v) is 16.7. The fourth-order valence-corrected chi connectivity index (χ4v) is 2.93. The Morgan fingerprint density at radius 3 is 0.733 bits per heavy atom. The number of carbonyl (C=O) groups is 1. The Morgan fingerprint density at radius 2 is 0.567 bits per heavy atom. The molecule has 0 radical (unpaired) electrons. The Hall–Kier alpha value is -3.53. The predicted octanol–water partition coefficient (Wildman–Crippen LogP) is 5.35. The fourth-order valence-electron chi connectivity index (χ4n) is 2.93. The first-order valence-corrected chi connectivity index (χ1v) is 9.60. The van der Waals surface area contributed by atoms with Crippen molar-refractivity contribution in [2.45, 2.75) is 12.2 Å². The van der Waals surface area contributed by atoms with Gasteiger partial charge in [-0.15, -0.1) is 0 Å². The monoisotopic (exact) mass is 398 g/mol. The lowest BCUT2D eigenvalue weighted by Gasteiger charge is -2.10. The van der Waals surface area contributed by atoms with Crippen LogP contribution in [0.4, 0.5) is 0 Å². The van der Waals surface area contributed by atoms with Crippen molar-refractivity contribution < 1.29 is 15.0 Å². The molecule has 2 N–H and O–H groups in total. The number of aliphatic hydroxyl groups excluding tert-OH is 2. The molecule has 0 aliphatic carbocycles. The molecule has 0 atom stereocenters. The second-order valence-corrected chi connectivity index (χ2v) is 6.45. The van der Waals surface area contributed by atoms with Crippen LogP contribution < -0.4 is 0 Å². The van der Waals surface area contributed by atoms with Gasteiger partial charge in [0, 0.05) is 0 Å². The van der Waals surface area contributed by atoms with E-state index < -0.39 is 12.2 Å². The van der Waals surface area contributed by atoms with Gasteiger partial charge >= 0.3 is 0 Å². The molecular formula is C27H26O3. The molecule has 4 aromatic rings. The third kappa shape index (κ3) is 6.82. The van der Waals surface area contributed by atoms with E-state index in [1.165, 1.54) is 0 Å². The zero-order valence-electron chi connectivity index (χ0n) is 16.7. The van der Waals surface area contributed by atoms with E-state index in [2.05, 4.69) is 0 Å². The minimum Gasteiger partial charge on any atom is -0.384 e. The van der Waals surface area contributed by atoms with Crippen LogP contribution >= 0.6 is 0 Å². The highest BCUT2D eigenvalue weighted by Crippen LogP contribution is 2.21. The molecule has 0 saturated carbocycles. The number of aliphatic hydroxyl groups is 2. The first kappa shape index (κ1) is 22.8. The van der Waals surface area contributed by atoms with Crippen molar-refractivity contribution in [1.29, 1.82) is 0 Å². The van der Waals surface area contributed by atoms with Gasteiger partial charge in [0.05, 0.1) is 0 Å². The molecule has 0 heterocycles. The Labute approximate surface area is 177 Å². The normalized spacial score (nSPS) is 9.87. The number of hydrogen-bond donors (Lipinski definition) is 2. The molecule has 0 saturated heterocycles. The molecule has 4 rings (SSSR count). The van der Waals surface area contributed by atoms with E-state index >= 15 is 0 Å². The average molecular weight is 399 g/mol. The summed E-state index contributed by atoms with van der Waals surface area (Å²) in [5.41, 5.74) is 3.72. The van der Waals surface area contributed by atoms with Gasteiger partial charge in [-0.1, -0.05) is 121 Å². The van der Waals surface area contributed by atoms with Gasteiger partial charge in [0.25, 0.3) is 0 Å². The number of rotatable bonds is 4. The summed E-state index contributed by atoms with van der Waals surface area (Å²) in [5, 5.41) is 20.0. The van der Waals surface area contributed by atoms with Crippen LogP contribution in [-0.2, 0) is 4.79 Å². The van der Waals surface area contributed by atoms with E-state index in [0.29, 0.717) is 0 Å². The lowest BCUT2D eigenvalue weighted by atomic mass is 10.0. The maximum Gasteiger partial charge on any atom is 0.106 e. The lowest BCUT2D eigenvalue weighted by Crippen LogP contribution is -1.98. The molecule has 3 nitrogen and oxygen atoms in total. The fraction of sp³-hybridized carbons (Fsp3) is 0.0741. The third-order valence-electron chi connectivity index (χ3n) is 4.46. The van der Waals surface area contributed by atoms with Gasteiger partial charge in [-0.05, 0) is 22.3 Å². The average Bonchev–Trinajstić information content (AvgIpc) is 2.87. The number of carbonyl (C=O) groups excluding carboxylic acids is 1. The van der Waals surface area contributed by atoms with Crippen molar-refractivity contribution in [2.75, 3.05) is 0 Å². The Balaban J connectivity index is 0.000000197. The Bertz CT molecular complexity index is 782. The lowest BCUT2D eigenvalue weighted by molar-refractivity contribution is -0.0979. The quantitative estimate of drug-likeness (QED) is 0.487. The van der Waals surface area contributed by atoms with Gasteiger partial charge in [0.1, 0.15) is 19.0 Å². The summed E-state index contributed by atoms with van der Waals surface area (Å²) < 4.78 is 0. The van der Waals surface area contributed by atoms with Crippen molar-refractivity contribution in [1.82, 2.24) is 0 Å². The van der Waals surface area contributed by atoms with Crippen molar-refractivity contribution in [3.8, 4) is 0 Å². The maximum absolute atomic E-state index is 9.99. The summed E-state index contributed by atoms with van der Waals surface area (Å²) in [6, 6.07) is 38.7. The minimum absolute atomic E-state index is 0.516. The zero-order chi connectivity index (χ0) is 21.6. The molecule has 0 bridgehead atoms. The Morgan fingerprint density at radius 1 is 0.400 bits per heavy atom. The molecule has 4 aromatic carbocycles. The van der Waals surface area contributed by atoms with Gasteiger partial charge in [-0.3, -0.25) is 0 Å². The summed E-state index contributed by atoms with van der Waals surface area (Å²) in [5.74, 6) is 0. The highest BCUT2D eigenvalue weighted by atomic mass is 16.3. The van der Waals surface area contributed by atoms with Gasteiger partial charge in [0.2, 0.25) is 0 Å². The largest absolute Gasteiger partial charge is 0.384 e. The molecule has 0 unspecified atom stereocenters. The van der Waals surface area contributed by atoms with E-state index in [1.807, 2.05) is 128 Å². The summed E-state index contributed by atoms with van der Waals surface area (Å²) >= 11 is 0. The van der Waals surface area contributed by atoms with E-state index in [4.69, 9.17) is 4.79 Å². The SMILES string of the molecule is C=O.OC(c1ccccc1)c1ccccc1.OC(c1ccccc1)c1ccccc1. The van der Waals surface area contributed by atoms with Crippen LogP contribution in [0.2, 0.25) is 0 Å². The first-order chi connectivity index (χ1) is 14.8. The molecular weight excluding hydrogens is 372 g/mol. The summed E-state index contributed by atoms with van der Waals surface area (Å²) in [7, 11) is 0. The van der Waals surface area contributed by atoms with Gasteiger partial charge in [-0.25, -0.2) is 0 Å². The highest BCUT2D eigenvalue weighted by molar-refractivity contribution is 5.30. The van der Waals surface area contributed by atoms with Gasteiger partial charge < -0.3 is 15.0 Å². The summed E-state index contributed by atoms with van der Waals surface area (Å²) in [6.07, 6.45) is -1.03. The molecule has 0 fully saturated rings. The maximum atomic E-state index is 9.99. The van der Waals surface area contributed by atoms with Crippen LogP contribution in [0.3, 0.4) is 0 Å². The molecule has 152 valence electrons. The van der Waals surface area contributed by atoms with Crippen LogP contribution in [0.1, 0.15) is 34.5 Å². The summed E-state index contributed by atoms with van der Waals surface area (Å²) in [6.45, 7) is 2.00. The Kier molecular flexibility index (Phi) is 9.74. The van der Waals surface area contributed by atoms with E-state index in [-0.39, 0.29) is 0 Å². The van der Waals surface area contributed by atoms with Crippen molar-refractivity contribution in [2.24, 2.45) is 0 Å².